The molecule has 0 heterocycles. The Kier molecular flexibility index (Phi) is 5.88. The molecule has 0 aliphatic carbocycles. The number of Topliss-reactive ketones (excluding diaryl/α,β-unsaturated/α-hetero) is 1. The van der Waals surface area contributed by atoms with Gasteiger partial charge in [0, 0.05) is 5.57 Å². The lowest BCUT2D eigenvalue weighted by atomic mass is 10.1. The summed E-state index contributed by atoms with van der Waals surface area (Å²) in [5.74, 6) is 0.568. The molecule has 1 rings (SSSR count). The molecule has 3 nitrogen and oxygen atoms in total. The maximum Gasteiger partial charge on any atom is 0.199 e. The van der Waals surface area contributed by atoms with E-state index in [1.807, 2.05) is 19.9 Å². The molecule has 0 spiro atoms. The van der Waals surface area contributed by atoms with Crippen molar-refractivity contribution in [3.8, 4) is 5.75 Å². The smallest absolute Gasteiger partial charge is 0.199 e. The number of benzene rings is 1. The van der Waals surface area contributed by atoms with E-state index in [0.717, 1.165) is 5.56 Å². The number of allylic oxidation sites excluding steroid dienone is 3. The number of hydrogen-bond donors (Lipinski definition) is 1. The fourth-order valence-electron chi connectivity index (χ4n) is 1.45. The first-order chi connectivity index (χ1) is 8.71. The quantitative estimate of drug-likeness (QED) is 0.620. The monoisotopic (exact) mass is 246 g/mol. The van der Waals surface area contributed by atoms with Crippen LogP contribution in [0.1, 0.15) is 19.4 Å². The second-order valence-corrected chi connectivity index (χ2v) is 3.76. The summed E-state index contributed by atoms with van der Waals surface area (Å²) in [6.45, 7) is 3.71. The summed E-state index contributed by atoms with van der Waals surface area (Å²) in [6.07, 6.45) is 5.35. The zero-order valence-electron chi connectivity index (χ0n) is 10.7. The average molecular weight is 246 g/mol. The van der Waals surface area contributed by atoms with E-state index in [-0.39, 0.29) is 19.0 Å². The van der Waals surface area contributed by atoms with Crippen molar-refractivity contribution < 1.29 is 14.6 Å². The Morgan fingerprint density at radius 1 is 1.28 bits per heavy atom. The minimum absolute atomic E-state index is 0.00320. The first kappa shape index (κ1) is 14.2. The van der Waals surface area contributed by atoms with Crippen molar-refractivity contribution in [2.75, 3.05) is 6.61 Å². The van der Waals surface area contributed by atoms with Crippen LogP contribution < -0.4 is 4.74 Å². The van der Waals surface area contributed by atoms with Crippen LogP contribution in [0.25, 0.3) is 0 Å². The van der Waals surface area contributed by atoms with Crippen LogP contribution in [0.2, 0.25) is 0 Å². The lowest BCUT2D eigenvalue weighted by Crippen LogP contribution is -2.12. The Morgan fingerprint density at radius 3 is 2.44 bits per heavy atom. The highest BCUT2D eigenvalue weighted by atomic mass is 16.5. The molecule has 0 aromatic heterocycles. The van der Waals surface area contributed by atoms with Gasteiger partial charge in [-0.3, -0.25) is 4.79 Å². The predicted molar refractivity (Wildman–Crippen MR) is 71.4 cm³/mol. The Labute approximate surface area is 107 Å². The molecule has 0 aliphatic rings. The van der Waals surface area contributed by atoms with Crippen LogP contribution in [0.5, 0.6) is 5.75 Å². The Hall–Kier alpha value is -1.87. The molecule has 0 saturated carbocycles. The Morgan fingerprint density at radius 2 is 1.94 bits per heavy atom. The number of aliphatic hydroxyl groups is 1. The van der Waals surface area contributed by atoms with E-state index in [1.165, 1.54) is 0 Å². The third-order valence-corrected chi connectivity index (χ3v) is 2.46. The summed E-state index contributed by atoms with van der Waals surface area (Å²) in [7, 11) is 0. The highest BCUT2D eigenvalue weighted by molar-refractivity contribution is 5.98. The van der Waals surface area contributed by atoms with Gasteiger partial charge in [0.05, 0.1) is 6.61 Å². The molecule has 18 heavy (non-hydrogen) atoms. The molecule has 1 N–H and O–H groups in total. The Bertz CT molecular complexity index is 441. The highest BCUT2D eigenvalue weighted by Crippen LogP contribution is 2.12. The van der Waals surface area contributed by atoms with Crippen LogP contribution in [0.4, 0.5) is 0 Å². The van der Waals surface area contributed by atoms with Crippen LogP contribution in [-0.4, -0.2) is 17.5 Å². The maximum absolute atomic E-state index is 11.8. The van der Waals surface area contributed by atoms with Gasteiger partial charge in [-0.25, -0.2) is 0 Å². The minimum Gasteiger partial charge on any atom is -0.485 e. The first-order valence-corrected chi connectivity index (χ1v) is 5.86. The van der Waals surface area contributed by atoms with Gasteiger partial charge < -0.3 is 9.84 Å². The van der Waals surface area contributed by atoms with Crippen molar-refractivity contribution in [2.24, 2.45) is 0 Å². The molecule has 0 saturated heterocycles. The van der Waals surface area contributed by atoms with Crippen molar-refractivity contribution in [3.63, 3.8) is 0 Å². The van der Waals surface area contributed by atoms with Crippen LogP contribution in [0.3, 0.4) is 0 Å². The van der Waals surface area contributed by atoms with Gasteiger partial charge in [0.1, 0.15) is 5.75 Å². The number of hydrogen-bond acceptors (Lipinski definition) is 3. The third kappa shape index (κ3) is 4.18. The number of ketones is 1. The van der Waals surface area contributed by atoms with Gasteiger partial charge in [-0.2, -0.15) is 0 Å². The number of aliphatic hydroxyl groups excluding tert-OH is 1. The van der Waals surface area contributed by atoms with E-state index in [0.29, 0.717) is 11.3 Å². The number of carbonyl (C=O) groups is 1. The van der Waals surface area contributed by atoms with E-state index >= 15 is 0 Å². The molecule has 3 heteroatoms. The topological polar surface area (TPSA) is 46.5 Å². The molecule has 96 valence electrons. The van der Waals surface area contributed by atoms with Gasteiger partial charge in [-0.15, -0.1) is 0 Å². The zero-order valence-corrected chi connectivity index (χ0v) is 10.7. The molecule has 0 aliphatic heterocycles. The van der Waals surface area contributed by atoms with E-state index in [4.69, 9.17) is 9.84 Å². The summed E-state index contributed by atoms with van der Waals surface area (Å²) in [5.41, 5.74) is 1.46. The largest absolute Gasteiger partial charge is 0.485 e. The molecular formula is C15H18O3. The molecule has 0 bridgehead atoms. The number of ether oxygens (including phenoxy) is 1. The lowest BCUT2D eigenvalue weighted by molar-refractivity contribution is -0.117. The van der Waals surface area contributed by atoms with Crippen molar-refractivity contribution >= 4 is 5.78 Å². The van der Waals surface area contributed by atoms with Crippen molar-refractivity contribution in [1.82, 2.24) is 0 Å². The van der Waals surface area contributed by atoms with Crippen LogP contribution in [-0.2, 0) is 11.4 Å². The van der Waals surface area contributed by atoms with Crippen LogP contribution >= 0.6 is 0 Å². The predicted octanol–water partition coefficient (Wildman–Crippen LogP) is 2.65. The number of rotatable bonds is 6. The van der Waals surface area contributed by atoms with Crippen LogP contribution in [0.15, 0.2) is 48.1 Å². The molecule has 0 atom stereocenters. The van der Waals surface area contributed by atoms with Gasteiger partial charge in [-0.1, -0.05) is 30.4 Å². The lowest BCUT2D eigenvalue weighted by Gasteiger charge is -2.06. The third-order valence-electron chi connectivity index (χ3n) is 2.46. The molecule has 1 aromatic carbocycles. The van der Waals surface area contributed by atoms with Gasteiger partial charge in [0.15, 0.2) is 12.4 Å². The second-order valence-electron chi connectivity index (χ2n) is 3.76. The summed E-state index contributed by atoms with van der Waals surface area (Å²) in [6, 6.07) is 7.01. The highest BCUT2D eigenvalue weighted by Gasteiger charge is 2.06. The minimum atomic E-state index is -0.0539. The van der Waals surface area contributed by atoms with Crippen LogP contribution in [0, 0.1) is 0 Å². The first-order valence-electron chi connectivity index (χ1n) is 5.86. The van der Waals surface area contributed by atoms with Gasteiger partial charge >= 0.3 is 0 Å². The van der Waals surface area contributed by atoms with Gasteiger partial charge in [-0.05, 0) is 31.5 Å². The van der Waals surface area contributed by atoms with E-state index in [2.05, 4.69) is 0 Å². The standard InChI is InChI=1S/C15H18O3/c1-3-5-13(4-2)15(17)11-18-14-8-6-12(10-16)7-9-14/h3-9,16H,10-11H2,1-2H3. The SMILES string of the molecule is CC=CC(=CC)C(=O)COc1ccc(CO)cc1. The van der Waals surface area contributed by atoms with Gasteiger partial charge in [0.2, 0.25) is 0 Å². The van der Waals surface area contributed by atoms with Crippen molar-refractivity contribution in [3.05, 3.63) is 53.6 Å². The Balaban J connectivity index is 2.56. The van der Waals surface area contributed by atoms with E-state index in [1.54, 1.807) is 36.4 Å². The van der Waals surface area contributed by atoms with E-state index in [9.17, 15) is 4.79 Å². The zero-order chi connectivity index (χ0) is 13.4. The van der Waals surface area contributed by atoms with Crippen molar-refractivity contribution in [1.29, 1.82) is 0 Å². The fraction of sp³-hybridized carbons (Fsp3) is 0.267. The molecule has 0 amide bonds. The molecule has 0 radical (unpaired) electrons. The van der Waals surface area contributed by atoms with Crippen molar-refractivity contribution in [2.45, 2.75) is 20.5 Å². The molecule has 0 fully saturated rings. The van der Waals surface area contributed by atoms with E-state index < -0.39 is 0 Å². The number of carbonyl (C=O) groups excluding carboxylic acids is 1. The molecule has 0 unspecified atom stereocenters. The summed E-state index contributed by atoms with van der Waals surface area (Å²) >= 11 is 0. The molecular weight excluding hydrogens is 228 g/mol. The summed E-state index contributed by atoms with van der Waals surface area (Å²) in [4.78, 5) is 11.8. The van der Waals surface area contributed by atoms with Gasteiger partial charge in [0.25, 0.3) is 0 Å². The fourth-order valence-corrected chi connectivity index (χ4v) is 1.45. The average Bonchev–Trinajstić information content (AvgIpc) is 2.42. The molecule has 1 aromatic rings. The summed E-state index contributed by atoms with van der Waals surface area (Å²) in [5, 5.41) is 8.90. The second kappa shape index (κ2) is 7.45. The maximum atomic E-state index is 11.8. The normalized spacial score (nSPS) is 11.8. The summed E-state index contributed by atoms with van der Waals surface area (Å²) < 4.78 is 5.39.